The first-order valence-corrected chi connectivity index (χ1v) is 4.63. The molecule has 0 aromatic carbocycles. The quantitative estimate of drug-likeness (QED) is 0.677. The van der Waals surface area contributed by atoms with Crippen LogP contribution in [0.1, 0.15) is 13.8 Å². The van der Waals surface area contributed by atoms with Crippen LogP contribution in [0.5, 0.6) is 0 Å². The summed E-state index contributed by atoms with van der Waals surface area (Å²) in [6.07, 6.45) is 0. The lowest BCUT2D eigenvalue weighted by molar-refractivity contribution is -0.151. The summed E-state index contributed by atoms with van der Waals surface area (Å²) in [4.78, 5) is 23.5. The molecule has 2 N–H and O–H groups in total. The van der Waals surface area contributed by atoms with E-state index in [0.29, 0.717) is 13.1 Å². The Bertz CT molecular complexity index is 229. The third-order valence-corrected chi connectivity index (χ3v) is 2.71. The Morgan fingerprint density at radius 3 is 1.71 bits per heavy atom. The van der Waals surface area contributed by atoms with Gasteiger partial charge in [0.1, 0.15) is 0 Å². The first-order valence-electron chi connectivity index (χ1n) is 4.63. The number of hydrogen-bond donors (Lipinski definition) is 2. The van der Waals surface area contributed by atoms with Crippen LogP contribution in [0.2, 0.25) is 0 Å². The molecule has 1 aliphatic rings. The molecule has 1 aliphatic heterocycles. The topological polar surface area (TPSA) is 77.8 Å². The summed E-state index contributed by atoms with van der Waals surface area (Å²) in [6.45, 7) is 4.54. The maximum absolute atomic E-state index is 10.8. The third kappa shape index (κ3) is 2.04. The molecular weight excluding hydrogens is 186 g/mol. The number of carboxylic acid groups (broad SMARTS) is 2. The molecule has 0 amide bonds. The number of hydrogen-bond acceptors (Lipinski definition) is 3. The zero-order valence-corrected chi connectivity index (χ0v) is 8.30. The van der Waals surface area contributed by atoms with Gasteiger partial charge in [0.2, 0.25) is 0 Å². The minimum absolute atomic E-state index is 0.196. The van der Waals surface area contributed by atoms with Gasteiger partial charge in [0, 0.05) is 19.1 Å². The third-order valence-electron chi connectivity index (χ3n) is 2.71. The maximum Gasteiger partial charge on any atom is 0.308 e. The summed E-state index contributed by atoms with van der Waals surface area (Å²) in [5, 5.41) is 17.7. The van der Waals surface area contributed by atoms with Crippen LogP contribution in [-0.2, 0) is 9.59 Å². The first-order chi connectivity index (χ1) is 6.43. The van der Waals surface area contributed by atoms with Crippen molar-refractivity contribution in [3.05, 3.63) is 0 Å². The number of aliphatic carboxylic acids is 2. The van der Waals surface area contributed by atoms with Crippen LogP contribution in [0.25, 0.3) is 0 Å². The summed E-state index contributed by atoms with van der Waals surface area (Å²) in [5.74, 6) is -3.56. The van der Waals surface area contributed by atoms with E-state index < -0.39 is 23.8 Å². The van der Waals surface area contributed by atoms with Crippen LogP contribution in [-0.4, -0.2) is 46.2 Å². The van der Waals surface area contributed by atoms with E-state index >= 15 is 0 Å². The number of nitrogens with zero attached hydrogens (tertiary/aromatic N) is 1. The Kier molecular flexibility index (Phi) is 3.10. The van der Waals surface area contributed by atoms with Gasteiger partial charge >= 0.3 is 11.9 Å². The van der Waals surface area contributed by atoms with E-state index in [1.807, 2.05) is 18.7 Å². The molecule has 1 saturated heterocycles. The van der Waals surface area contributed by atoms with Gasteiger partial charge in [0.05, 0.1) is 11.8 Å². The van der Waals surface area contributed by atoms with Gasteiger partial charge in [-0.2, -0.15) is 0 Å². The number of rotatable bonds is 3. The normalized spacial score (nSPS) is 28.2. The highest BCUT2D eigenvalue weighted by Crippen LogP contribution is 2.25. The fourth-order valence-corrected chi connectivity index (χ4v) is 1.76. The molecule has 14 heavy (non-hydrogen) atoms. The second-order valence-corrected chi connectivity index (χ2v) is 3.94. The fourth-order valence-electron chi connectivity index (χ4n) is 1.76. The Morgan fingerprint density at radius 2 is 1.50 bits per heavy atom. The van der Waals surface area contributed by atoms with Gasteiger partial charge in [-0.3, -0.25) is 14.5 Å². The molecule has 0 radical (unpaired) electrons. The molecule has 0 bridgehead atoms. The molecule has 0 aromatic rings. The molecule has 1 fully saturated rings. The van der Waals surface area contributed by atoms with E-state index in [9.17, 15) is 9.59 Å². The monoisotopic (exact) mass is 201 g/mol. The SMILES string of the molecule is CC(C)N1C[C@H](C(=O)O)[C@@H](C(=O)O)C1. The zero-order chi connectivity index (χ0) is 10.9. The zero-order valence-electron chi connectivity index (χ0n) is 8.30. The van der Waals surface area contributed by atoms with E-state index in [4.69, 9.17) is 10.2 Å². The van der Waals surface area contributed by atoms with Crippen molar-refractivity contribution in [2.24, 2.45) is 11.8 Å². The smallest absolute Gasteiger partial charge is 0.308 e. The van der Waals surface area contributed by atoms with E-state index in [-0.39, 0.29) is 6.04 Å². The minimum atomic E-state index is -1.01. The summed E-state index contributed by atoms with van der Waals surface area (Å²) in [5.41, 5.74) is 0. The number of carboxylic acids is 2. The summed E-state index contributed by atoms with van der Waals surface area (Å²) < 4.78 is 0. The van der Waals surface area contributed by atoms with Crippen molar-refractivity contribution in [1.29, 1.82) is 0 Å². The number of likely N-dealkylation sites (tertiary alicyclic amines) is 1. The van der Waals surface area contributed by atoms with E-state index in [0.717, 1.165) is 0 Å². The molecule has 1 rings (SSSR count). The largest absolute Gasteiger partial charge is 0.481 e. The van der Waals surface area contributed by atoms with Crippen LogP contribution >= 0.6 is 0 Å². The predicted octanol–water partition coefficient (Wildman–Crippen LogP) is 0.112. The predicted molar refractivity (Wildman–Crippen MR) is 49.0 cm³/mol. The van der Waals surface area contributed by atoms with Gasteiger partial charge in [0.15, 0.2) is 0 Å². The molecule has 0 saturated carbocycles. The molecule has 0 aromatic heterocycles. The minimum Gasteiger partial charge on any atom is -0.481 e. The highest BCUT2D eigenvalue weighted by atomic mass is 16.4. The molecule has 5 nitrogen and oxygen atoms in total. The average molecular weight is 201 g/mol. The van der Waals surface area contributed by atoms with Crippen molar-refractivity contribution in [2.75, 3.05) is 13.1 Å². The lowest BCUT2D eigenvalue weighted by Gasteiger charge is -2.19. The van der Waals surface area contributed by atoms with Gasteiger partial charge in [0.25, 0.3) is 0 Å². The number of carbonyl (C=O) groups is 2. The molecule has 80 valence electrons. The Balaban J connectivity index is 2.75. The molecule has 0 unspecified atom stereocenters. The lowest BCUT2D eigenvalue weighted by Crippen LogP contribution is -2.29. The fraction of sp³-hybridized carbons (Fsp3) is 0.778. The van der Waals surface area contributed by atoms with Gasteiger partial charge < -0.3 is 10.2 Å². The Hall–Kier alpha value is -1.10. The molecular formula is C9H15NO4. The van der Waals surface area contributed by atoms with Crippen molar-refractivity contribution in [3.63, 3.8) is 0 Å². The van der Waals surface area contributed by atoms with E-state index in [1.54, 1.807) is 0 Å². The second-order valence-electron chi connectivity index (χ2n) is 3.94. The van der Waals surface area contributed by atoms with Crippen molar-refractivity contribution in [1.82, 2.24) is 4.90 Å². The van der Waals surface area contributed by atoms with E-state index in [2.05, 4.69) is 0 Å². The molecule has 1 heterocycles. The van der Waals surface area contributed by atoms with Gasteiger partial charge in [-0.1, -0.05) is 0 Å². The highest BCUT2D eigenvalue weighted by molar-refractivity contribution is 5.81. The van der Waals surface area contributed by atoms with Crippen LogP contribution in [0.3, 0.4) is 0 Å². The Labute approximate surface area is 82.3 Å². The molecule has 5 heteroatoms. The van der Waals surface area contributed by atoms with Gasteiger partial charge in [-0.15, -0.1) is 0 Å². The highest BCUT2D eigenvalue weighted by Gasteiger charge is 2.42. The van der Waals surface area contributed by atoms with Crippen molar-refractivity contribution in [3.8, 4) is 0 Å². The Morgan fingerprint density at radius 1 is 1.14 bits per heavy atom. The van der Waals surface area contributed by atoms with Crippen molar-refractivity contribution >= 4 is 11.9 Å². The molecule has 0 spiro atoms. The molecule has 2 atom stereocenters. The second kappa shape index (κ2) is 3.96. The first kappa shape index (κ1) is 11.0. The standard InChI is InChI=1S/C9H15NO4/c1-5(2)10-3-6(8(11)12)7(4-10)9(13)14/h5-7H,3-4H2,1-2H3,(H,11,12)(H,13,14)/t6-,7-/m0/s1. The van der Waals surface area contributed by atoms with Gasteiger partial charge in [-0.05, 0) is 13.8 Å². The maximum atomic E-state index is 10.8. The van der Waals surface area contributed by atoms with Crippen LogP contribution < -0.4 is 0 Å². The van der Waals surface area contributed by atoms with Crippen LogP contribution in [0, 0.1) is 11.8 Å². The summed E-state index contributed by atoms with van der Waals surface area (Å²) in [7, 11) is 0. The molecule has 0 aliphatic carbocycles. The lowest BCUT2D eigenvalue weighted by atomic mass is 9.97. The van der Waals surface area contributed by atoms with Gasteiger partial charge in [-0.25, -0.2) is 0 Å². The van der Waals surface area contributed by atoms with Crippen molar-refractivity contribution in [2.45, 2.75) is 19.9 Å². The van der Waals surface area contributed by atoms with E-state index in [1.165, 1.54) is 0 Å². The van der Waals surface area contributed by atoms with Crippen molar-refractivity contribution < 1.29 is 19.8 Å². The summed E-state index contributed by atoms with van der Waals surface area (Å²) in [6, 6.07) is 0.196. The van der Waals surface area contributed by atoms with Crippen LogP contribution in [0.15, 0.2) is 0 Å². The van der Waals surface area contributed by atoms with Crippen LogP contribution in [0.4, 0.5) is 0 Å². The summed E-state index contributed by atoms with van der Waals surface area (Å²) >= 11 is 0. The average Bonchev–Trinajstić information content (AvgIpc) is 2.47.